The molecule has 0 bridgehead atoms. The zero-order valence-electron chi connectivity index (χ0n) is 13.9. The number of hydrogen-bond acceptors (Lipinski definition) is 5. The van der Waals surface area contributed by atoms with Gasteiger partial charge in [-0.25, -0.2) is 4.52 Å². The predicted octanol–water partition coefficient (Wildman–Crippen LogP) is 2.87. The highest BCUT2D eigenvalue weighted by Gasteiger charge is 2.28. The van der Waals surface area contributed by atoms with E-state index >= 15 is 0 Å². The average Bonchev–Trinajstić information content (AvgIpc) is 2.91. The highest BCUT2D eigenvalue weighted by molar-refractivity contribution is 5.96. The standard InChI is InChI=1S/C18H18N4O2/c1-10-8-14-17(15(23)9-10)19-20-18-16(11(2)21-22(14)18)12-4-6-13(24-3)7-5-12/h4-7,10H,8-9H2,1-3H3/t10-/m0/s1. The number of ether oxygens (including phenoxy) is 1. The SMILES string of the molecule is COc1ccc(-c2c(C)nn3c4c(nnc23)C(=O)C[C@@H](C)C4)cc1. The molecule has 0 saturated carbocycles. The summed E-state index contributed by atoms with van der Waals surface area (Å²) in [6.07, 6.45) is 1.31. The highest BCUT2D eigenvalue weighted by atomic mass is 16.5. The van der Waals surface area contributed by atoms with Crippen molar-refractivity contribution in [3.8, 4) is 16.9 Å². The lowest BCUT2D eigenvalue weighted by Crippen LogP contribution is -2.23. The number of hydrogen-bond donors (Lipinski definition) is 0. The second-order valence-corrected chi connectivity index (χ2v) is 6.36. The Morgan fingerprint density at radius 3 is 2.62 bits per heavy atom. The lowest BCUT2D eigenvalue weighted by atomic mass is 9.90. The Morgan fingerprint density at radius 2 is 1.92 bits per heavy atom. The molecule has 0 aliphatic heterocycles. The molecule has 0 radical (unpaired) electrons. The van der Waals surface area contributed by atoms with Crippen LogP contribution in [0.15, 0.2) is 24.3 Å². The number of rotatable bonds is 2. The van der Waals surface area contributed by atoms with E-state index < -0.39 is 0 Å². The van der Waals surface area contributed by atoms with Crippen LogP contribution in [0.25, 0.3) is 16.8 Å². The molecule has 1 aliphatic carbocycles. The summed E-state index contributed by atoms with van der Waals surface area (Å²) in [7, 11) is 1.64. The van der Waals surface area contributed by atoms with Crippen LogP contribution in [0.2, 0.25) is 0 Å². The van der Waals surface area contributed by atoms with Crippen molar-refractivity contribution in [1.29, 1.82) is 0 Å². The summed E-state index contributed by atoms with van der Waals surface area (Å²) < 4.78 is 7.01. The maximum Gasteiger partial charge on any atom is 0.185 e. The third-order valence-electron chi connectivity index (χ3n) is 4.53. The molecule has 3 aromatic rings. The van der Waals surface area contributed by atoms with Crippen molar-refractivity contribution < 1.29 is 9.53 Å². The predicted molar refractivity (Wildman–Crippen MR) is 89.3 cm³/mol. The van der Waals surface area contributed by atoms with Gasteiger partial charge in [-0.15, -0.1) is 10.2 Å². The van der Waals surface area contributed by atoms with E-state index in [4.69, 9.17) is 4.74 Å². The molecule has 0 amide bonds. The van der Waals surface area contributed by atoms with Gasteiger partial charge in [0.2, 0.25) is 0 Å². The third-order valence-corrected chi connectivity index (χ3v) is 4.53. The number of fused-ring (bicyclic) bond motifs is 3. The van der Waals surface area contributed by atoms with E-state index in [1.165, 1.54) is 0 Å². The quantitative estimate of drug-likeness (QED) is 0.725. The monoisotopic (exact) mass is 322 g/mol. The number of benzene rings is 1. The van der Waals surface area contributed by atoms with Crippen LogP contribution >= 0.6 is 0 Å². The molecule has 0 unspecified atom stereocenters. The number of aryl methyl sites for hydroxylation is 1. The van der Waals surface area contributed by atoms with Gasteiger partial charge in [0.15, 0.2) is 17.1 Å². The Bertz CT molecular complexity index is 944. The largest absolute Gasteiger partial charge is 0.497 e. The topological polar surface area (TPSA) is 69.4 Å². The normalized spacial score (nSPS) is 17.1. The Morgan fingerprint density at radius 1 is 1.17 bits per heavy atom. The molecule has 122 valence electrons. The van der Waals surface area contributed by atoms with Crippen LogP contribution in [0.3, 0.4) is 0 Å². The van der Waals surface area contributed by atoms with E-state index in [9.17, 15) is 4.79 Å². The van der Waals surface area contributed by atoms with Crippen molar-refractivity contribution in [3.05, 3.63) is 41.3 Å². The Hall–Kier alpha value is -2.76. The van der Waals surface area contributed by atoms with Crippen molar-refractivity contribution in [2.24, 2.45) is 5.92 Å². The van der Waals surface area contributed by atoms with Crippen molar-refractivity contribution >= 4 is 11.4 Å². The summed E-state index contributed by atoms with van der Waals surface area (Å²) in [6.45, 7) is 4.03. The lowest BCUT2D eigenvalue weighted by Gasteiger charge is -2.19. The van der Waals surface area contributed by atoms with E-state index in [1.54, 1.807) is 11.6 Å². The van der Waals surface area contributed by atoms with Gasteiger partial charge in [0.1, 0.15) is 5.75 Å². The smallest absolute Gasteiger partial charge is 0.185 e. The maximum absolute atomic E-state index is 12.2. The summed E-state index contributed by atoms with van der Waals surface area (Å²) in [5, 5.41) is 13.2. The second-order valence-electron chi connectivity index (χ2n) is 6.36. The molecule has 6 nitrogen and oxygen atoms in total. The number of aromatic nitrogens is 4. The fourth-order valence-electron chi connectivity index (χ4n) is 3.36. The number of carbonyl (C=O) groups excluding carboxylic acids is 1. The first kappa shape index (κ1) is 14.8. The van der Waals surface area contributed by atoms with E-state index in [0.717, 1.165) is 34.7 Å². The van der Waals surface area contributed by atoms with Gasteiger partial charge in [0, 0.05) is 6.42 Å². The van der Waals surface area contributed by atoms with E-state index in [-0.39, 0.29) is 5.78 Å². The third kappa shape index (κ3) is 2.18. The number of Topliss-reactive ketones (excluding diaryl/α,β-unsaturated/α-hetero) is 1. The van der Waals surface area contributed by atoms with Crippen molar-refractivity contribution in [2.45, 2.75) is 26.7 Å². The van der Waals surface area contributed by atoms with Gasteiger partial charge < -0.3 is 4.74 Å². The average molecular weight is 322 g/mol. The Kier molecular flexibility index (Phi) is 3.33. The van der Waals surface area contributed by atoms with E-state index in [2.05, 4.69) is 22.2 Å². The summed E-state index contributed by atoms with van der Waals surface area (Å²) in [5.41, 5.74) is 4.84. The molecule has 1 aromatic carbocycles. The van der Waals surface area contributed by atoms with Crippen LogP contribution in [-0.2, 0) is 6.42 Å². The molecule has 0 N–H and O–H groups in total. The summed E-state index contributed by atoms with van der Waals surface area (Å²) >= 11 is 0. The first-order valence-electron chi connectivity index (χ1n) is 8.01. The molecule has 0 saturated heterocycles. The molecular weight excluding hydrogens is 304 g/mol. The van der Waals surface area contributed by atoms with Gasteiger partial charge in [0.25, 0.3) is 0 Å². The minimum Gasteiger partial charge on any atom is -0.497 e. The van der Waals surface area contributed by atoms with Crippen LogP contribution in [0, 0.1) is 12.8 Å². The van der Waals surface area contributed by atoms with Crippen LogP contribution < -0.4 is 4.74 Å². The Labute approximate surface area is 139 Å². The number of nitrogens with zero attached hydrogens (tertiary/aromatic N) is 4. The number of ketones is 1. The van der Waals surface area contributed by atoms with Gasteiger partial charge in [-0.2, -0.15) is 5.10 Å². The number of methoxy groups -OCH3 is 1. The minimum absolute atomic E-state index is 0.0531. The highest BCUT2D eigenvalue weighted by Crippen LogP contribution is 2.31. The van der Waals surface area contributed by atoms with Gasteiger partial charge in [0.05, 0.1) is 24.1 Å². The maximum atomic E-state index is 12.2. The molecule has 1 atom stereocenters. The van der Waals surface area contributed by atoms with Crippen LogP contribution in [0.5, 0.6) is 5.75 Å². The number of carbonyl (C=O) groups is 1. The van der Waals surface area contributed by atoms with Crippen molar-refractivity contribution in [3.63, 3.8) is 0 Å². The Balaban J connectivity index is 1.93. The lowest BCUT2D eigenvalue weighted by molar-refractivity contribution is 0.0944. The summed E-state index contributed by atoms with van der Waals surface area (Å²) in [5.74, 6) is 1.15. The first-order chi connectivity index (χ1) is 11.6. The zero-order chi connectivity index (χ0) is 16.8. The fraction of sp³-hybridized carbons (Fsp3) is 0.333. The minimum atomic E-state index is 0.0531. The molecule has 6 heteroatoms. The van der Waals surface area contributed by atoms with Crippen molar-refractivity contribution in [2.75, 3.05) is 7.11 Å². The fourth-order valence-corrected chi connectivity index (χ4v) is 3.36. The van der Waals surface area contributed by atoms with Crippen LogP contribution in [-0.4, -0.2) is 32.7 Å². The molecule has 1 aliphatic rings. The molecule has 2 heterocycles. The van der Waals surface area contributed by atoms with E-state index in [1.807, 2.05) is 31.2 Å². The van der Waals surface area contributed by atoms with E-state index in [0.29, 0.717) is 23.7 Å². The molecule has 0 fully saturated rings. The zero-order valence-corrected chi connectivity index (χ0v) is 13.9. The van der Waals surface area contributed by atoms with Crippen LogP contribution in [0.1, 0.15) is 35.2 Å². The summed E-state index contributed by atoms with van der Waals surface area (Å²) in [4.78, 5) is 12.2. The molecule has 0 spiro atoms. The summed E-state index contributed by atoms with van der Waals surface area (Å²) in [6, 6.07) is 7.79. The van der Waals surface area contributed by atoms with Gasteiger partial charge in [-0.1, -0.05) is 19.1 Å². The van der Waals surface area contributed by atoms with Crippen molar-refractivity contribution in [1.82, 2.24) is 19.8 Å². The molecule has 4 rings (SSSR count). The van der Waals surface area contributed by atoms with Gasteiger partial charge in [-0.3, -0.25) is 4.79 Å². The van der Waals surface area contributed by atoms with Gasteiger partial charge in [-0.05, 0) is 37.0 Å². The first-order valence-corrected chi connectivity index (χ1v) is 8.01. The molecule has 24 heavy (non-hydrogen) atoms. The van der Waals surface area contributed by atoms with Crippen LogP contribution in [0.4, 0.5) is 0 Å². The molecular formula is C18H18N4O2. The molecule has 2 aromatic heterocycles. The van der Waals surface area contributed by atoms with Gasteiger partial charge >= 0.3 is 0 Å². The second kappa shape index (κ2) is 5.40.